The summed E-state index contributed by atoms with van der Waals surface area (Å²) in [4.78, 5) is 12.2. The van der Waals surface area contributed by atoms with E-state index in [0.717, 1.165) is 0 Å². The van der Waals surface area contributed by atoms with Gasteiger partial charge in [0.25, 0.3) is 0 Å². The molecule has 0 aromatic heterocycles. The Kier molecular flexibility index (Phi) is 4.31. The van der Waals surface area contributed by atoms with Crippen LogP contribution in [0.2, 0.25) is 0 Å². The molecule has 2 nitrogen and oxygen atoms in total. The summed E-state index contributed by atoms with van der Waals surface area (Å²) in [7, 11) is 1.44. The maximum atomic E-state index is 13.2. The Balaban J connectivity index is 2.39. The van der Waals surface area contributed by atoms with Crippen molar-refractivity contribution in [3.63, 3.8) is 0 Å². The Bertz CT molecular complexity index is 604. The average molecular weight is 294 g/mol. The third-order valence-corrected chi connectivity index (χ3v) is 3.10. The summed E-state index contributed by atoms with van der Waals surface area (Å²) in [6.45, 7) is 0. The minimum Gasteiger partial charge on any atom is -0.497 e. The van der Waals surface area contributed by atoms with Crippen LogP contribution in [0, 0.1) is 0 Å². The minimum atomic E-state index is -4.64. The Labute approximate surface area is 120 Å². The smallest absolute Gasteiger partial charge is 0.402 e. The van der Waals surface area contributed by atoms with Gasteiger partial charge >= 0.3 is 6.18 Å². The van der Waals surface area contributed by atoms with E-state index in [1.165, 1.54) is 55.6 Å². The number of carbonyl (C=O) groups is 1. The minimum absolute atomic E-state index is 0.00183. The quantitative estimate of drug-likeness (QED) is 0.789. The van der Waals surface area contributed by atoms with Crippen molar-refractivity contribution in [3.8, 4) is 5.75 Å². The van der Waals surface area contributed by atoms with Crippen LogP contribution in [0.1, 0.15) is 21.8 Å². The molecule has 1 atom stereocenters. The van der Waals surface area contributed by atoms with Crippen molar-refractivity contribution in [1.29, 1.82) is 0 Å². The fourth-order valence-corrected chi connectivity index (χ4v) is 2.06. The molecule has 0 N–H and O–H groups in total. The average Bonchev–Trinajstić information content (AvgIpc) is 2.47. The summed E-state index contributed by atoms with van der Waals surface area (Å²) in [5.41, 5.74) is -0.0622. The van der Waals surface area contributed by atoms with Gasteiger partial charge in [0.05, 0.1) is 7.11 Å². The second-order valence-corrected chi connectivity index (χ2v) is 4.48. The van der Waals surface area contributed by atoms with E-state index in [9.17, 15) is 18.0 Å². The zero-order chi connectivity index (χ0) is 15.5. The summed E-state index contributed by atoms with van der Waals surface area (Å²) < 4.78 is 44.7. The highest BCUT2D eigenvalue weighted by Crippen LogP contribution is 2.37. The van der Waals surface area contributed by atoms with Gasteiger partial charge in [-0.05, 0) is 29.8 Å². The number of alkyl halides is 3. The van der Waals surface area contributed by atoms with Gasteiger partial charge in [0.15, 0.2) is 5.78 Å². The van der Waals surface area contributed by atoms with Crippen molar-refractivity contribution in [2.24, 2.45) is 0 Å². The molecule has 110 valence electrons. The second-order valence-electron chi connectivity index (χ2n) is 4.48. The highest BCUT2D eigenvalue weighted by Gasteiger charge is 2.45. The molecule has 2 aromatic carbocycles. The van der Waals surface area contributed by atoms with Crippen LogP contribution >= 0.6 is 0 Å². The standard InChI is InChI=1S/C16H13F3O2/c1-21-13-9-7-12(8-10-13)15(20)14(16(17,18)19)11-5-3-2-4-6-11/h2-10,14H,1H3/t14-/m1/s1. The van der Waals surface area contributed by atoms with Gasteiger partial charge in [0.2, 0.25) is 0 Å². The lowest BCUT2D eigenvalue weighted by Crippen LogP contribution is -2.28. The molecule has 0 saturated heterocycles. The Hall–Kier alpha value is -2.30. The number of Topliss-reactive ketones (excluding diaryl/α,β-unsaturated/α-hetero) is 1. The normalized spacial score (nSPS) is 12.8. The zero-order valence-corrected chi connectivity index (χ0v) is 11.2. The molecule has 0 aliphatic heterocycles. The van der Waals surface area contributed by atoms with Crippen molar-refractivity contribution in [2.75, 3.05) is 7.11 Å². The van der Waals surface area contributed by atoms with Crippen LogP contribution in [0.5, 0.6) is 5.75 Å². The van der Waals surface area contributed by atoms with E-state index in [4.69, 9.17) is 4.74 Å². The number of methoxy groups -OCH3 is 1. The summed E-state index contributed by atoms with van der Waals surface area (Å²) in [6.07, 6.45) is -4.64. The first-order chi connectivity index (χ1) is 9.93. The van der Waals surface area contributed by atoms with Crippen LogP contribution in [0.25, 0.3) is 0 Å². The van der Waals surface area contributed by atoms with Crippen molar-refractivity contribution in [2.45, 2.75) is 12.1 Å². The lowest BCUT2D eigenvalue weighted by molar-refractivity contribution is -0.139. The Morgan fingerprint density at radius 3 is 2.05 bits per heavy atom. The summed E-state index contributed by atoms with van der Waals surface area (Å²) in [6, 6.07) is 12.8. The summed E-state index contributed by atoms with van der Waals surface area (Å²) in [5, 5.41) is 0. The Morgan fingerprint density at radius 1 is 1.00 bits per heavy atom. The first-order valence-corrected chi connectivity index (χ1v) is 6.23. The second kappa shape index (κ2) is 5.99. The molecule has 0 fully saturated rings. The molecule has 21 heavy (non-hydrogen) atoms. The van der Waals surface area contributed by atoms with Crippen LogP contribution in [-0.2, 0) is 0 Å². The van der Waals surface area contributed by atoms with Crippen molar-refractivity contribution in [1.82, 2.24) is 0 Å². The summed E-state index contributed by atoms with van der Waals surface area (Å²) in [5.74, 6) is -2.65. The molecule has 0 aliphatic rings. The maximum absolute atomic E-state index is 13.2. The van der Waals surface area contributed by atoms with Gasteiger partial charge in [0.1, 0.15) is 11.7 Å². The third-order valence-electron chi connectivity index (χ3n) is 3.10. The molecule has 0 radical (unpaired) electrons. The number of hydrogen-bond donors (Lipinski definition) is 0. The third kappa shape index (κ3) is 3.42. The predicted molar refractivity (Wildman–Crippen MR) is 72.6 cm³/mol. The molecule has 0 saturated carbocycles. The van der Waals surface area contributed by atoms with E-state index < -0.39 is 17.9 Å². The lowest BCUT2D eigenvalue weighted by atomic mass is 9.90. The number of benzene rings is 2. The number of ketones is 1. The maximum Gasteiger partial charge on any atom is 0.402 e. The largest absolute Gasteiger partial charge is 0.497 e. The van der Waals surface area contributed by atoms with Gasteiger partial charge in [-0.25, -0.2) is 0 Å². The fourth-order valence-electron chi connectivity index (χ4n) is 2.06. The molecule has 0 aliphatic carbocycles. The SMILES string of the molecule is COc1ccc(C(=O)[C@@H](c2ccccc2)C(F)(F)F)cc1. The van der Waals surface area contributed by atoms with Crippen LogP contribution in [0.3, 0.4) is 0 Å². The first kappa shape index (κ1) is 15.1. The van der Waals surface area contributed by atoms with Crippen LogP contribution < -0.4 is 4.74 Å². The van der Waals surface area contributed by atoms with Crippen molar-refractivity contribution < 1.29 is 22.7 Å². The molecule has 2 rings (SSSR count). The van der Waals surface area contributed by atoms with E-state index in [2.05, 4.69) is 0 Å². The lowest BCUT2D eigenvalue weighted by Gasteiger charge is -2.19. The molecular weight excluding hydrogens is 281 g/mol. The van der Waals surface area contributed by atoms with Gasteiger partial charge < -0.3 is 4.74 Å². The van der Waals surface area contributed by atoms with Crippen LogP contribution in [0.4, 0.5) is 13.2 Å². The zero-order valence-electron chi connectivity index (χ0n) is 11.2. The van der Waals surface area contributed by atoms with E-state index in [0.29, 0.717) is 5.75 Å². The molecule has 0 bridgehead atoms. The highest BCUT2D eigenvalue weighted by molar-refractivity contribution is 6.01. The monoisotopic (exact) mass is 294 g/mol. The van der Waals surface area contributed by atoms with E-state index >= 15 is 0 Å². The number of ether oxygens (including phenoxy) is 1. The van der Waals surface area contributed by atoms with Gasteiger partial charge in [-0.1, -0.05) is 30.3 Å². The van der Waals surface area contributed by atoms with E-state index in [1.807, 2.05) is 0 Å². The fraction of sp³-hybridized carbons (Fsp3) is 0.188. The molecule has 0 heterocycles. The van der Waals surface area contributed by atoms with Gasteiger partial charge in [0, 0.05) is 5.56 Å². The Morgan fingerprint density at radius 2 is 1.57 bits per heavy atom. The predicted octanol–water partition coefficient (Wildman–Crippen LogP) is 4.22. The van der Waals surface area contributed by atoms with Gasteiger partial charge in [-0.2, -0.15) is 13.2 Å². The van der Waals surface area contributed by atoms with Crippen LogP contribution in [-0.4, -0.2) is 19.1 Å². The van der Waals surface area contributed by atoms with E-state index in [1.54, 1.807) is 6.07 Å². The molecule has 0 spiro atoms. The molecule has 0 amide bonds. The van der Waals surface area contributed by atoms with Gasteiger partial charge in [-0.3, -0.25) is 4.79 Å². The highest BCUT2D eigenvalue weighted by atomic mass is 19.4. The number of carbonyl (C=O) groups excluding carboxylic acids is 1. The molecular formula is C16H13F3O2. The number of hydrogen-bond acceptors (Lipinski definition) is 2. The molecule has 0 unspecified atom stereocenters. The first-order valence-electron chi connectivity index (χ1n) is 6.23. The summed E-state index contributed by atoms with van der Waals surface area (Å²) >= 11 is 0. The number of halogens is 3. The van der Waals surface area contributed by atoms with Crippen molar-refractivity contribution >= 4 is 5.78 Å². The van der Waals surface area contributed by atoms with E-state index in [-0.39, 0.29) is 11.1 Å². The number of rotatable bonds is 4. The van der Waals surface area contributed by atoms with Crippen molar-refractivity contribution in [3.05, 3.63) is 65.7 Å². The van der Waals surface area contributed by atoms with Crippen LogP contribution in [0.15, 0.2) is 54.6 Å². The molecule has 2 aromatic rings. The van der Waals surface area contributed by atoms with Gasteiger partial charge in [-0.15, -0.1) is 0 Å². The topological polar surface area (TPSA) is 26.3 Å². The molecule has 5 heteroatoms.